The second-order valence-corrected chi connectivity index (χ2v) is 7.74. The van der Waals surface area contributed by atoms with E-state index in [2.05, 4.69) is 4.72 Å². The Morgan fingerprint density at radius 3 is 2.32 bits per heavy atom. The van der Waals surface area contributed by atoms with Gasteiger partial charge in [0, 0.05) is 24.3 Å². The number of likely N-dealkylation sites (tertiary alicyclic amines) is 1. The lowest BCUT2D eigenvalue weighted by Gasteiger charge is -2.15. The molecule has 0 bridgehead atoms. The minimum Gasteiger partial charge on any atom is -0.339 e. The van der Waals surface area contributed by atoms with E-state index in [4.69, 9.17) is 0 Å². The first-order valence-corrected chi connectivity index (χ1v) is 9.53. The summed E-state index contributed by atoms with van der Waals surface area (Å²) in [5.41, 5.74) is 1.21. The van der Waals surface area contributed by atoms with E-state index in [9.17, 15) is 17.6 Å². The quantitative estimate of drug-likeness (QED) is 0.908. The molecule has 1 saturated heterocycles. The molecule has 1 N–H and O–H groups in total. The lowest BCUT2D eigenvalue weighted by molar-refractivity contribution is 0.0793. The molecule has 0 atom stereocenters. The van der Waals surface area contributed by atoms with Gasteiger partial charge in [0.1, 0.15) is 5.82 Å². The van der Waals surface area contributed by atoms with Gasteiger partial charge in [-0.15, -0.1) is 0 Å². The average Bonchev–Trinajstić information content (AvgIpc) is 3.08. The summed E-state index contributed by atoms with van der Waals surface area (Å²) in [6.45, 7) is 3.06. The summed E-state index contributed by atoms with van der Waals surface area (Å²) in [5.74, 6) is -0.525. The first-order chi connectivity index (χ1) is 11.9. The summed E-state index contributed by atoms with van der Waals surface area (Å²) >= 11 is 0. The Morgan fingerprint density at radius 2 is 1.72 bits per heavy atom. The Bertz CT molecular complexity index is 889. The molecule has 132 valence electrons. The van der Waals surface area contributed by atoms with Crippen molar-refractivity contribution in [1.82, 2.24) is 4.90 Å². The van der Waals surface area contributed by atoms with E-state index >= 15 is 0 Å². The van der Waals surface area contributed by atoms with Gasteiger partial charge >= 0.3 is 0 Å². The number of sulfonamides is 1. The van der Waals surface area contributed by atoms with E-state index in [0.29, 0.717) is 16.8 Å². The topological polar surface area (TPSA) is 66.5 Å². The number of hydrogen-bond acceptors (Lipinski definition) is 3. The molecule has 0 aromatic heterocycles. The van der Waals surface area contributed by atoms with Gasteiger partial charge in [-0.05, 0) is 67.8 Å². The van der Waals surface area contributed by atoms with Crippen LogP contribution in [0.2, 0.25) is 0 Å². The highest BCUT2D eigenvalue weighted by Gasteiger charge is 2.20. The largest absolute Gasteiger partial charge is 0.339 e. The lowest BCUT2D eigenvalue weighted by Crippen LogP contribution is -2.27. The fourth-order valence-corrected chi connectivity index (χ4v) is 4.19. The summed E-state index contributed by atoms with van der Waals surface area (Å²) in [7, 11) is -3.82. The molecule has 5 nitrogen and oxygen atoms in total. The molecule has 1 aliphatic rings. The number of nitrogens with zero attached hydrogens (tertiary/aromatic N) is 1. The van der Waals surface area contributed by atoms with Crippen molar-refractivity contribution in [3.8, 4) is 0 Å². The van der Waals surface area contributed by atoms with Gasteiger partial charge in [-0.1, -0.05) is 0 Å². The first-order valence-electron chi connectivity index (χ1n) is 8.05. The zero-order valence-corrected chi connectivity index (χ0v) is 14.6. The molecule has 2 aromatic carbocycles. The molecule has 1 amide bonds. The van der Waals surface area contributed by atoms with Gasteiger partial charge in [0.25, 0.3) is 15.9 Å². The highest BCUT2D eigenvalue weighted by Crippen LogP contribution is 2.21. The van der Waals surface area contributed by atoms with Gasteiger partial charge in [0.15, 0.2) is 0 Å². The monoisotopic (exact) mass is 362 g/mol. The van der Waals surface area contributed by atoms with Gasteiger partial charge in [-0.2, -0.15) is 0 Å². The molecule has 3 rings (SSSR count). The van der Waals surface area contributed by atoms with Gasteiger partial charge < -0.3 is 4.90 Å². The van der Waals surface area contributed by atoms with Crippen LogP contribution in [0.4, 0.5) is 10.1 Å². The average molecular weight is 362 g/mol. The fourth-order valence-electron chi connectivity index (χ4n) is 2.91. The van der Waals surface area contributed by atoms with Crippen molar-refractivity contribution in [1.29, 1.82) is 0 Å². The van der Waals surface area contributed by atoms with Gasteiger partial charge in [-0.25, -0.2) is 12.8 Å². The van der Waals surface area contributed by atoms with Gasteiger partial charge in [0.2, 0.25) is 0 Å². The molecule has 1 aliphatic heterocycles. The molecule has 25 heavy (non-hydrogen) atoms. The fraction of sp³-hybridized carbons (Fsp3) is 0.278. The molecule has 7 heteroatoms. The van der Waals surface area contributed by atoms with Crippen LogP contribution in [0.5, 0.6) is 0 Å². The molecule has 0 radical (unpaired) electrons. The SMILES string of the molecule is Cc1cc(F)ccc1S(=O)(=O)Nc1ccc(C(=O)N2CCCC2)cc1. The van der Waals surface area contributed by atoms with E-state index in [1.165, 1.54) is 19.1 Å². The van der Waals surface area contributed by atoms with Gasteiger partial charge in [0.05, 0.1) is 4.90 Å². The number of anilines is 1. The minimum atomic E-state index is -3.82. The van der Waals surface area contributed by atoms with E-state index < -0.39 is 15.8 Å². The summed E-state index contributed by atoms with van der Waals surface area (Å²) in [6, 6.07) is 9.84. The van der Waals surface area contributed by atoms with Crippen LogP contribution in [0.1, 0.15) is 28.8 Å². The van der Waals surface area contributed by atoms with Crippen LogP contribution in [0.25, 0.3) is 0 Å². The predicted octanol–water partition coefficient (Wildman–Crippen LogP) is 3.17. The first kappa shape index (κ1) is 17.4. The Morgan fingerprint density at radius 1 is 1.08 bits per heavy atom. The maximum absolute atomic E-state index is 13.2. The maximum Gasteiger partial charge on any atom is 0.262 e. The molecule has 2 aromatic rings. The van der Waals surface area contributed by atoms with Crippen LogP contribution in [-0.4, -0.2) is 32.3 Å². The Kier molecular flexibility index (Phi) is 4.76. The van der Waals surface area contributed by atoms with Crippen LogP contribution in [0.3, 0.4) is 0 Å². The van der Waals surface area contributed by atoms with Crippen molar-refractivity contribution in [2.75, 3.05) is 17.8 Å². The van der Waals surface area contributed by atoms with E-state index in [1.807, 2.05) is 0 Å². The van der Waals surface area contributed by atoms with Crippen molar-refractivity contribution < 1.29 is 17.6 Å². The highest BCUT2D eigenvalue weighted by atomic mass is 32.2. The molecule has 0 saturated carbocycles. The van der Waals surface area contributed by atoms with Crippen LogP contribution in [0.15, 0.2) is 47.4 Å². The molecule has 0 spiro atoms. The molecule has 1 fully saturated rings. The number of aryl methyl sites for hydroxylation is 1. The van der Waals surface area contributed by atoms with Crippen molar-refractivity contribution >= 4 is 21.6 Å². The molecule has 0 aliphatic carbocycles. The zero-order valence-electron chi connectivity index (χ0n) is 13.8. The standard InChI is InChI=1S/C18H19FN2O3S/c1-13-12-15(19)6-9-17(13)25(23,24)20-16-7-4-14(5-8-16)18(22)21-10-2-3-11-21/h4-9,12,20H,2-3,10-11H2,1H3. The number of carbonyl (C=O) groups is 1. The van der Waals surface area contributed by atoms with E-state index in [-0.39, 0.29) is 10.8 Å². The van der Waals surface area contributed by atoms with Crippen LogP contribution >= 0.6 is 0 Å². The van der Waals surface area contributed by atoms with Gasteiger partial charge in [-0.3, -0.25) is 9.52 Å². The third-order valence-corrected chi connectivity index (χ3v) is 5.75. The summed E-state index contributed by atoms with van der Waals surface area (Å²) in [5, 5.41) is 0. The predicted molar refractivity (Wildman–Crippen MR) is 93.5 cm³/mol. The van der Waals surface area contributed by atoms with Crippen LogP contribution < -0.4 is 4.72 Å². The van der Waals surface area contributed by atoms with Crippen molar-refractivity contribution in [3.63, 3.8) is 0 Å². The third kappa shape index (κ3) is 3.82. The number of halogens is 1. The smallest absolute Gasteiger partial charge is 0.262 e. The number of amides is 1. The zero-order chi connectivity index (χ0) is 18.0. The van der Waals surface area contributed by atoms with Crippen molar-refractivity contribution in [2.24, 2.45) is 0 Å². The molecular formula is C18H19FN2O3S. The number of benzene rings is 2. The van der Waals surface area contributed by atoms with Crippen LogP contribution in [0, 0.1) is 12.7 Å². The lowest BCUT2D eigenvalue weighted by atomic mass is 10.2. The number of rotatable bonds is 4. The molecule has 0 unspecified atom stereocenters. The molecule has 1 heterocycles. The summed E-state index contributed by atoms with van der Waals surface area (Å²) in [6.07, 6.45) is 2.03. The minimum absolute atomic E-state index is 0.0196. The Hall–Kier alpha value is -2.41. The summed E-state index contributed by atoms with van der Waals surface area (Å²) < 4.78 is 40.5. The Balaban J connectivity index is 1.77. The number of carbonyl (C=O) groups excluding carboxylic acids is 1. The number of hydrogen-bond donors (Lipinski definition) is 1. The van der Waals surface area contributed by atoms with Crippen molar-refractivity contribution in [3.05, 3.63) is 59.4 Å². The van der Waals surface area contributed by atoms with E-state index in [0.717, 1.165) is 32.0 Å². The number of nitrogens with one attached hydrogen (secondary N) is 1. The second kappa shape index (κ2) is 6.84. The highest BCUT2D eigenvalue weighted by molar-refractivity contribution is 7.92. The maximum atomic E-state index is 13.2. The normalized spacial score (nSPS) is 14.6. The second-order valence-electron chi connectivity index (χ2n) is 6.09. The Labute approximate surface area is 146 Å². The summed E-state index contributed by atoms with van der Waals surface area (Å²) in [4.78, 5) is 14.1. The van der Waals surface area contributed by atoms with Crippen LogP contribution in [-0.2, 0) is 10.0 Å². The molecular weight excluding hydrogens is 343 g/mol. The van der Waals surface area contributed by atoms with E-state index in [1.54, 1.807) is 29.2 Å². The van der Waals surface area contributed by atoms with Crippen molar-refractivity contribution in [2.45, 2.75) is 24.7 Å². The third-order valence-electron chi connectivity index (χ3n) is 4.20.